The van der Waals surface area contributed by atoms with Crippen LogP contribution >= 0.6 is 0 Å². The molecule has 0 aliphatic rings. The summed E-state index contributed by atoms with van der Waals surface area (Å²) >= 11 is 0. The summed E-state index contributed by atoms with van der Waals surface area (Å²) in [5.41, 5.74) is 0. The molecule has 0 aromatic heterocycles. The molecule has 5 heteroatoms. The number of hydrogen-bond donors (Lipinski definition) is 1. The fraction of sp³-hybridized carbons (Fsp3) is 1.00. The molecule has 114 valence electrons. The molecule has 0 fully saturated rings. The van der Waals surface area contributed by atoms with Crippen LogP contribution in [-0.4, -0.2) is 18.7 Å². The molecule has 0 saturated carbocycles. The molecule has 0 aliphatic carbocycles. The monoisotopic (exact) mass is 418 g/mol. The van der Waals surface area contributed by atoms with Crippen molar-refractivity contribution in [2.75, 3.05) is 5.75 Å². The third-order valence-corrected chi connectivity index (χ3v) is 4.06. The maximum atomic E-state index is 10.5. The van der Waals surface area contributed by atoms with Gasteiger partial charge in [-0.2, -0.15) is 8.42 Å². The van der Waals surface area contributed by atoms with E-state index in [0.717, 1.165) is 12.8 Å². The van der Waals surface area contributed by atoms with Gasteiger partial charge in [0.1, 0.15) is 0 Å². The fourth-order valence-electron chi connectivity index (χ4n) is 2.13. The zero-order valence-electron chi connectivity index (χ0n) is 12.4. The van der Waals surface area contributed by atoms with Gasteiger partial charge in [0.15, 0.2) is 0 Å². The van der Waals surface area contributed by atoms with E-state index in [1.807, 2.05) is 0 Å². The van der Waals surface area contributed by atoms with Crippen LogP contribution in [0.1, 0.15) is 84.0 Å². The molecule has 0 bridgehead atoms. The van der Waals surface area contributed by atoms with E-state index in [-0.39, 0.29) is 47.5 Å². The smallest absolute Gasteiger partial charge is 0.264 e. The summed E-state index contributed by atoms with van der Waals surface area (Å²) in [6.45, 7) is 2.24. The van der Waals surface area contributed by atoms with Crippen LogP contribution < -0.4 is 0 Å². The number of unbranched alkanes of at least 4 members (excludes halogenated alkanes) is 11. The maximum Gasteiger partial charge on any atom is 0.264 e. The second-order valence-electron chi connectivity index (χ2n) is 5.18. The summed E-state index contributed by atoms with van der Waals surface area (Å²) in [6, 6.07) is 0. The molecule has 19 heavy (non-hydrogen) atoms. The molecule has 0 heterocycles. The van der Waals surface area contributed by atoms with Gasteiger partial charge in [0.2, 0.25) is 0 Å². The van der Waals surface area contributed by atoms with E-state index in [1.54, 1.807) is 0 Å². The molecule has 0 unspecified atom stereocenters. The molecule has 1 N–H and O–H groups in total. The van der Waals surface area contributed by atoms with E-state index >= 15 is 0 Å². The second-order valence-corrected chi connectivity index (χ2v) is 6.75. The van der Waals surface area contributed by atoms with Gasteiger partial charge in [-0.15, -0.1) is 0 Å². The molecule has 0 saturated heterocycles. The third-order valence-electron chi connectivity index (χ3n) is 3.26. The van der Waals surface area contributed by atoms with Gasteiger partial charge in [-0.1, -0.05) is 77.6 Å². The Morgan fingerprint density at radius 1 is 0.684 bits per heavy atom. The minimum atomic E-state index is -3.74. The van der Waals surface area contributed by atoms with Crippen molar-refractivity contribution in [3.63, 3.8) is 0 Å². The van der Waals surface area contributed by atoms with Crippen LogP contribution in [0.4, 0.5) is 0 Å². The van der Waals surface area contributed by atoms with E-state index in [9.17, 15) is 8.42 Å². The van der Waals surface area contributed by atoms with Crippen molar-refractivity contribution in [2.45, 2.75) is 84.0 Å². The van der Waals surface area contributed by atoms with Crippen molar-refractivity contribution < 1.29 is 54.7 Å². The van der Waals surface area contributed by atoms with E-state index < -0.39 is 10.1 Å². The van der Waals surface area contributed by atoms with Gasteiger partial charge < -0.3 is 0 Å². The first-order chi connectivity index (χ1) is 8.56. The van der Waals surface area contributed by atoms with Gasteiger partial charge in [0.25, 0.3) is 10.1 Å². The average molecular weight is 419 g/mol. The molecule has 0 atom stereocenters. The molecule has 0 radical (unpaired) electrons. The van der Waals surface area contributed by atoms with Crippen LogP contribution in [-0.2, 0) is 10.1 Å². The predicted octanol–water partition coefficient (Wildman–Crippen LogP) is 4.58. The SMILES string of the molecule is CCCCCCCCCCCCCCS(=O)(=O)O.[Ce]. The first kappa shape index (κ1) is 22.6. The summed E-state index contributed by atoms with van der Waals surface area (Å²) in [7, 11) is -3.74. The summed E-state index contributed by atoms with van der Waals surface area (Å²) in [5, 5.41) is 0. The number of hydrogen-bond acceptors (Lipinski definition) is 2. The minimum absolute atomic E-state index is 0. The molecule has 0 rings (SSSR count). The van der Waals surface area contributed by atoms with Crippen molar-refractivity contribution in [3.8, 4) is 0 Å². The third kappa shape index (κ3) is 21.7. The van der Waals surface area contributed by atoms with Crippen molar-refractivity contribution >= 4 is 10.1 Å². The fourth-order valence-corrected chi connectivity index (χ4v) is 2.69. The average Bonchev–Trinajstić information content (AvgIpc) is 2.29. The van der Waals surface area contributed by atoms with Crippen LogP contribution in [0.25, 0.3) is 0 Å². The Balaban J connectivity index is 0. The van der Waals surface area contributed by atoms with E-state index in [2.05, 4.69) is 6.92 Å². The Bertz CT molecular complexity index is 266. The summed E-state index contributed by atoms with van der Waals surface area (Å²) in [6.07, 6.45) is 14.5. The van der Waals surface area contributed by atoms with Gasteiger partial charge in [-0.25, -0.2) is 0 Å². The van der Waals surface area contributed by atoms with Crippen LogP contribution in [0.2, 0.25) is 0 Å². The molecular weight excluding hydrogens is 388 g/mol. The van der Waals surface area contributed by atoms with Gasteiger partial charge in [0, 0.05) is 41.7 Å². The Kier molecular flexibility index (Phi) is 18.6. The predicted molar refractivity (Wildman–Crippen MR) is 77.5 cm³/mol. The Hall–Kier alpha value is 1.29. The topological polar surface area (TPSA) is 54.4 Å². The van der Waals surface area contributed by atoms with Crippen molar-refractivity contribution in [2.24, 2.45) is 0 Å². The first-order valence-corrected chi connectivity index (χ1v) is 9.12. The first-order valence-electron chi connectivity index (χ1n) is 7.51. The molecule has 0 spiro atoms. The van der Waals surface area contributed by atoms with Crippen LogP contribution in [0, 0.1) is 41.7 Å². The molecule has 0 aromatic rings. The van der Waals surface area contributed by atoms with Crippen LogP contribution in [0.15, 0.2) is 0 Å². The van der Waals surface area contributed by atoms with Crippen LogP contribution in [0.3, 0.4) is 0 Å². The Labute approximate surface area is 153 Å². The Morgan fingerprint density at radius 2 is 1.00 bits per heavy atom. The van der Waals surface area contributed by atoms with E-state index in [4.69, 9.17) is 4.55 Å². The molecular formula is C14H30CeO3S. The molecule has 0 aromatic carbocycles. The summed E-state index contributed by atoms with van der Waals surface area (Å²) in [5.74, 6) is -0.0789. The molecule has 0 aliphatic heterocycles. The van der Waals surface area contributed by atoms with Crippen LogP contribution in [0.5, 0.6) is 0 Å². The second kappa shape index (κ2) is 15.7. The van der Waals surface area contributed by atoms with Gasteiger partial charge in [-0.3, -0.25) is 4.55 Å². The Morgan fingerprint density at radius 3 is 1.32 bits per heavy atom. The standard InChI is InChI=1S/C14H30O3S.Ce/c1-2-3-4-5-6-7-8-9-10-11-12-13-14-18(15,16)17;/h2-14H2,1H3,(H,15,16,17);. The summed E-state index contributed by atoms with van der Waals surface area (Å²) < 4.78 is 29.5. The van der Waals surface area contributed by atoms with Gasteiger partial charge in [-0.05, 0) is 6.42 Å². The largest absolute Gasteiger partial charge is 0.286 e. The molecule has 3 nitrogen and oxygen atoms in total. The van der Waals surface area contributed by atoms with Crippen molar-refractivity contribution in [3.05, 3.63) is 0 Å². The van der Waals surface area contributed by atoms with Crippen molar-refractivity contribution in [1.29, 1.82) is 0 Å². The van der Waals surface area contributed by atoms with Gasteiger partial charge >= 0.3 is 0 Å². The quantitative estimate of drug-likeness (QED) is 0.352. The van der Waals surface area contributed by atoms with Crippen molar-refractivity contribution in [1.82, 2.24) is 0 Å². The normalized spacial score (nSPS) is 11.3. The maximum absolute atomic E-state index is 10.5. The number of rotatable bonds is 13. The minimum Gasteiger partial charge on any atom is -0.286 e. The summed E-state index contributed by atoms with van der Waals surface area (Å²) in [4.78, 5) is 0. The zero-order chi connectivity index (χ0) is 13.7. The van der Waals surface area contributed by atoms with E-state index in [1.165, 1.54) is 57.8 Å². The zero-order valence-corrected chi connectivity index (χ0v) is 16.3. The molecule has 0 amide bonds. The van der Waals surface area contributed by atoms with Gasteiger partial charge in [0.05, 0.1) is 5.75 Å². The van der Waals surface area contributed by atoms with E-state index in [0.29, 0.717) is 6.42 Å².